The Hall–Kier alpha value is -1.14. The molecule has 0 amide bonds. The molecular formula is C11H20N4O2. The van der Waals surface area contributed by atoms with Crippen LogP contribution < -0.4 is 10.2 Å². The minimum Gasteiger partial charge on any atom is -0.407 e. The van der Waals surface area contributed by atoms with Crippen molar-refractivity contribution in [2.75, 3.05) is 24.5 Å². The summed E-state index contributed by atoms with van der Waals surface area (Å²) in [5.41, 5.74) is 0. The minimum absolute atomic E-state index is 0.274. The van der Waals surface area contributed by atoms with Crippen LogP contribution in [0.15, 0.2) is 4.42 Å². The SMILES string of the molecule is CC(C)CNCc1nnc(N2CCC(O)C2)o1. The highest BCUT2D eigenvalue weighted by Crippen LogP contribution is 2.18. The number of anilines is 1. The average Bonchev–Trinajstić information content (AvgIpc) is 2.86. The molecule has 0 aromatic carbocycles. The van der Waals surface area contributed by atoms with Gasteiger partial charge in [0.05, 0.1) is 12.6 Å². The molecule has 0 spiro atoms. The van der Waals surface area contributed by atoms with Crippen molar-refractivity contribution in [2.45, 2.75) is 32.9 Å². The highest BCUT2D eigenvalue weighted by molar-refractivity contribution is 5.26. The zero-order valence-electron chi connectivity index (χ0n) is 10.4. The van der Waals surface area contributed by atoms with E-state index in [0.717, 1.165) is 19.5 Å². The van der Waals surface area contributed by atoms with Crippen molar-refractivity contribution < 1.29 is 9.52 Å². The van der Waals surface area contributed by atoms with Gasteiger partial charge in [-0.2, -0.15) is 0 Å². The molecule has 1 unspecified atom stereocenters. The number of rotatable bonds is 5. The zero-order valence-corrected chi connectivity index (χ0v) is 10.4. The van der Waals surface area contributed by atoms with Crippen LogP contribution in [-0.2, 0) is 6.54 Å². The number of nitrogens with one attached hydrogen (secondary N) is 1. The van der Waals surface area contributed by atoms with E-state index in [1.165, 1.54) is 0 Å². The van der Waals surface area contributed by atoms with E-state index in [1.807, 2.05) is 4.90 Å². The smallest absolute Gasteiger partial charge is 0.318 e. The monoisotopic (exact) mass is 240 g/mol. The number of aliphatic hydroxyl groups excluding tert-OH is 1. The lowest BCUT2D eigenvalue weighted by Gasteiger charge is -2.10. The number of aromatic nitrogens is 2. The second kappa shape index (κ2) is 5.46. The lowest BCUT2D eigenvalue weighted by molar-refractivity contribution is 0.198. The first-order valence-corrected chi connectivity index (χ1v) is 6.11. The van der Waals surface area contributed by atoms with Crippen molar-refractivity contribution in [3.63, 3.8) is 0 Å². The first kappa shape index (κ1) is 12.3. The maximum absolute atomic E-state index is 9.43. The molecule has 2 rings (SSSR count). The zero-order chi connectivity index (χ0) is 12.3. The van der Waals surface area contributed by atoms with Gasteiger partial charge in [-0.05, 0) is 18.9 Å². The molecule has 1 atom stereocenters. The fraction of sp³-hybridized carbons (Fsp3) is 0.818. The number of β-amino-alcohol motifs (C(OH)–C–C–N with tert-alkyl or cyclic N) is 1. The Morgan fingerprint density at radius 2 is 2.35 bits per heavy atom. The van der Waals surface area contributed by atoms with Gasteiger partial charge < -0.3 is 19.7 Å². The van der Waals surface area contributed by atoms with Crippen molar-refractivity contribution in [3.8, 4) is 0 Å². The third kappa shape index (κ3) is 3.41. The second-order valence-electron chi connectivity index (χ2n) is 4.89. The maximum Gasteiger partial charge on any atom is 0.318 e. The van der Waals surface area contributed by atoms with E-state index in [2.05, 4.69) is 29.4 Å². The maximum atomic E-state index is 9.43. The van der Waals surface area contributed by atoms with E-state index in [-0.39, 0.29) is 6.10 Å². The van der Waals surface area contributed by atoms with Crippen LogP contribution >= 0.6 is 0 Å². The normalized spacial score (nSPS) is 20.5. The van der Waals surface area contributed by atoms with E-state index in [1.54, 1.807) is 0 Å². The Morgan fingerprint density at radius 3 is 3.00 bits per heavy atom. The summed E-state index contributed by atoms with van der Waals surface area (Å²) in [6, 6.07) is 0.517. The lowest BCUT2D eigenvalue weighted by atomic mass is 10.2. The third-order valence-corrected chi connectivity index (χ3v) is 2.72. The van der Waals surface area contributed by atoms with Crippen LogP contribution in [0.1, 0.15) is 26.2 Å². The molecule has 1 aromatic heterocycles. The summed E-state index contributed by atoms with van der Waals surface area (Å²) >= 11 is 0. The summed E-state index contributed by atoms with van der Waals surface area (Å²) in [5, 5.41) is 20.6. The molecule has 1 aliphatic rings. The minimum atomic E-state index is -0.274. The van der Waals surface area contributed by atoms with E-state index in [9.17, 15) is 5.11 Å². The Bertz CT molecular complexity index is 353. The molecule has 0 aliphatic carbocycles. The second-order valence-corrected chi connectivity index (χ2v) is 4.89. The molecule has 1 aromatic rings. The predicted octanol–water partition coefficient (Wildman–Crippen LogP) is 0.386. The largest absolute Gasteiger partial charge is 0.407 e. The van der Waals surface area contributed by atoms with Gasteiger partial charge in [0.15, 0.2) is 0 Å². The number of nitrogens with zero attached hydrogens (tertiary/aromatic N) is 3. The summed E-state index contributed by atoms with van der Waals surface area (Å²) < 4.78 is 5.53. The fourth-order valence-corrected chi connectivity index (χ4v) is 1.83. The number of hydrogen-bond donors (Lipinski definition) is 2. The van der Waals surface area contributed by atoms with Crippen molar-refractivity contribution in [1.82, 2.24) is 15.5 Å². The summed E-state index contributed by atoms with van der Waals surface area (Å²) in [7, 11) is 0. The van der Waals surface area contributed by atoms with Crippen LogP contribution in [-0.4, -0.2) is 41.0 Å². The molecule has 17 heavy (non-hydrogen) atoms. The molecule has 6 heteroatoms. The fourth-order valence-electron chi connectivity index (χ4n) is 1.83. The molecule has 2 N–H and O–H groups in total. The summed E-state index contributed by atoms with van der Waals surface area (Å²) in [4.78, 5) is 1.92. The Morgan fingerprint density at radius 1 is 1.53 bits per heavy atom. The molecule has 1 saturated heterocycles. The van der Waals surface area contributed by atoms with Gasteiger partial charge in [0.2, 0.25) is 5.89 Å². The van der Waals surface area contributed by atoms with E-state index in [4.69, 9.17) is 4.42 Å². The summed E-state index contributed by atoms with van der Waals surface area (Å²) in [6.07, 6.45) is 0.493. The van der Waals surface area contributed by atoms with Crippen LogP contribution in [0.25, 0.3) is 0 Å². The van der Waals surface area contributed by atoms with Gasteiger partial charge in [0.25, 0.3) is 0 Å². The van der Waals surface area contributed by atoms with Crippen LogP contribution in [0, 0.1) is 5.92 Å². The first-order chi connectivity index (χ1) is 8.15. The van der Waals surface area contributed by atoms with Gasteiger partial charge >= 0.3 is 6.01 Å². The highest BCUT2D eigenvalue weighted by atomic mass is 16.4. The Kier molecular flexibility index (Phi) is 3.96. The van der Waals surface area contributed by atoms with E-state index in [0.29, 0.717) is 30.9 Å². The number of hydrogen-bond acceptors (Lipinski definition) is 6. The van der Waals surface area contributed by atoms with Gasteiger partial charge in [-0.1, -0.05) is 18.9 Å². The molecular weight excluding hydrogens is 220 g/mol. The predicted molar refractivity (Wildman–Crippen MR) is 63.7 cm³/mol. The topological polar surface area (TPSA) is 74.4 Å². The standard InChI is InChI=1S/C11H20N4O2/c1-8(2)5-12-6-10-13-14-11(17-10)15-4-3-9(16)7-15/h8-9,12,16H,3-7H2,1-2H3. The molecule has 1 fully saturated rings. The Balaban J connectivity index is 1.83. The van der Waals surface area contributed by atoms with E-state index < -0.39 is 0 Å². The average molecular weight is 240 g/mol. The van der Waals surface area contributed by atoms with E-state index >= 15 is 0 Å². The Labute approximate surface area is 101 Å². The van der Waals surface area contributed by atoms with Crippen LogP contribution in [0.4, 0.5) is 6.01 Å². The molecule has 0 radical (unpaired) electrons. The molecule has 0 saturated carbocycles. The van der Waals surface area contributed by atoms with Crippen molar-refractivity contribution in [3.05, 3.63) is 5.89 Å². The van der Waals surface area contributed by atoms with Crippen molar-refractivity contribution in [2.24, 2.45) is 5.92 Å². The van der Waals surface area contributed by atoms with Gasteiger partial charge in [-0.3, -0.25) is 0 Å². The van der Waals surface area contributed by atoms with Gasteiger partial charge in [0.1, 0.15) is 0 Å². The summed E-state index contributed by atoms with van der Waals surface area (Å²) in [5.74, 6) is 1.20. The third-order valence-electron chi connectivity index (χ3n) is 2.72. The molecule has 2 heterocycles. The van der Waals surface area contributed by atoms with Gasteiger partial charge in [-0.15, -0.1) is 5.10 Å². The molecule has 1 aliphatic heterocycles. The molecule has 0 bridgehead atoms. The quantitative estimate of drug-likeness (QED) is 0.775. The van der Waals surface area contributed by atoms with Crippen LogP contribution in [0.5, 0.6) is 0 Å². The van der Waals surface area contributed by atoms with Crippen molar-refractivity contribution >= 4 is 6.01 Å². The van der Waals surface area contributed by atoms with Gasteiger partial charge in [0, 0.05) is 13.1 Å². The highest BCUT2D eigenvalue weighted by Gasteiger charge is 2.24. The lowest BCUT2D eigenvalue weighted by Crippen LogP contribution is -2.21. The molecule has 6 nitrogen and oxygen atoms in total. The summed E-state index contributed by atoms with van der Waals surface area (Å²) in [6.45, 7) is 7.20. The molecule has 96 valence electrons. The first-order valence-electron chi connectivity index (χ1n) is 6.11. The van der Waals surface area contributed by atoms with Gasteiger partial charge in [-0.25, -0.2) is 0 Å². The van der Waals surface area contributed by atoms with Crippen LogP contribution in [0.3, 0.4) is 0 Å². The number of aliphatic hydroxyl groups is 1. The van der Waals surface area contributed by atoms with Crippen molar-refractivity contribution in [1.29, 1.82) is 0 Å². The van der Waals surface area contributed by atoms with Crippen LogP contribution in [0.2, 0.25) is 0 Å².